The van der Waals surface area contributed by atoms with Crippen LogP contribution in [0.4, 0.5) is 0 Å². The number of aryl methyl sites for hydroxylation is 1. The van der Waals surface area contributed by atoms with Gasteiger partial charge in [0.15, 0.2) is 5.82 Å². The van der Waals surface area contributed by atoms with Crippen molar-refractivity contribution in [2.75, 3.05) is 0 Å². The van der Waals surface area contributed by atoms with Crippen molar-refractivity contribution in [3.8, 4) is 11.4 Å². The van der Waals surface area contributed by atoms with Crippen LogP contribution in [-0.2, 0) is 6.54 Å². The van der Waals surface area contributed by atoms with Gasteiger partial charge in [-0.25, -0.2) is 15.0 Å². The van der Waals surface area contributed by atoms with E-state index in [2.05, 4.69) is 28.8 Å². The normalized spacial score (nSPS) is 10.9. The highest BCUT2D eigenvalue weighted by Gasteiger charge is 2.08. The molecule has 4 nitrogen and oxygen atoms in total. The second-order valence-corrected chi connectivity index (χ2v) is 4.62. The van der Waals surface area contributed by atoms with Crippen LogP contribution in [0.5, 0.6) is 0 Å². The maximum Gasteiger partial charge on any atom is 0.163 e. The number of nitrogens with zero attached hydrogens (tertiary/aromatic N) is 3. The van der Waals surface area contributed by atoms with E-state index in [4.69, 9.17) is 5.73 Å². The van der Waals surface area contributed by atoms with Crippen molar-refractivity contribution in [1.29, 1.82) is 0 Å². The van der Waals surface area contributed by atoms with Crippen LogP contribution < -0.4 is 5.73 Å². The summed E-state index contributed by atoms with van der Waals surface area (Å²) in [6, 6.07) is 8.01. The standard InChI is InChI=1S/C14H18N4/c1-9(2)13-16-10(3)17-14(18-13)12-6-4-11(8-15)5-7-12/h4-7,9H,8,15H2,1-3H3. The average Bonchev–Trinajstić information content (AvgIpc) is 2.38. The van der Waals surface area contributed by atoms with E-state index in [1.165, 1.54) is 0 Å². The van der Waals surface area contributed by atoms with Crippen molar-refractivity contribution in [3.05, 3.63) is 41.5 Å². The molecule has 94 valence electrons. The molecule has 0 aliphatic rings. The predicted molar refractivity (Wildman–Crippen MR) is 72.0 cm³/mol. The summed E-state index contributed by atoms with van der Waals surface area (Å²) in [6.45, 7) is 6.60. The molecule has 0 aliphatic heterocycles. The number of benzene rings is 1. The van der Waals surface area contributed by atoms with Gasteiger partial charge >= 0.3 is 0 Å². The van der Waals surface area contributed by atoms with Crippen molar-refractivity contribution in [3.63, 3.8) is 0 Å². The van der Waals surface area contributed by atoms with Gasteiger partial charge in [0.05, 0.1) is 0 Å². The van der Waals surface area contributed by atoms with Gasteiger partial charge in [0.25, 0.3) is 0 Å². The van der Waals surface area contributed by atoms with Gasteiger partial charge in [0.1, 0.15) is 11.6 Å². The van der Waals surface area contributed by atoms with Crippen molar-refractivity contribution >= 4 is 0 Å². The highest BCUT2D eigenvalue weighted by molar-refractivity contribution is 5.55. The lowest BCUT2D eigenvalue weighted by Gasteiger charge is -2.07. The molecule has 0 saturated heterocycles. The van der Waals surface area contributed by atoms with E-state index in [1.54, 1.807) is 0 Å². The minimum absolute atomic E-state index is 0.300. The molecule has 0 spiro atoms. The topological polar surface area (TPSA) is 64.7 Å². The maximum atomic E-state index is 5.59. The van der Waals surface area contributed by atoms with Crippen LogP contribution in [0.1, 0.15) is 37.0 Å². The molecule has 1 heterocycles. The predicted octanol–water partition coefficient (Wildman–Crippen LogP) is 2.43. The molecule has 2 aromatic rings. The maximum absolute atomic E-state index is 5.59. The molecular weight excluding hydrogens is 224 g/mol. The summed E-state index contributed by atoms with van der Waals surface area (Å²) in [5, 5.41) is 0. The zero-order chi connectivity index (χ0) is 13.1. The Morgan fingerprint density at radius 3 is 2.28 bits per heavy atom. The molecule has 18 heavy (non-hydrogen) atoms. The highest BCUT2D eigenvalue weighted by atomic mass is 15.0. The molecule has 1 aromatic heterocycles. The first kappa shape index (κ1) is 12.6. The van der Waals surface area contributed by atoms with Gasteiger partial charge in [-0.15, -0.1) is 0 Å². The molecule has 0 bridgehead atoms. The SMILES string of the molecule is Cc1nc(-c2ccc(CN)cc2)nc(C(C)C)n1. The van der Waals surface area contributed by atoms with E-state index in [0.29, 0.717) is 12.5 Å². The summed E-state index contributed by atoms with van der Waals surface area (Å²) in [7, 11) is 0. The Labute approximate surface area is 107 Å². The zero-order valence-corrected chi connectivity index (χ0v) is 11.0. The first-order valence-corrected chi connectivity index (χ1v) is 6.12. The first-order valence-electron chi connectivity index (χ1n) is 6.12. The fourth-order valence-corrected chi connectivity index (χ4v) is 1.68. The molecule has 0 radical (unpaired) electrons. The van der Waals surface area contributed by atoms with Gasteiger partial charge in [0.2, 0.25) is 0 Å². The Bertz CT molecular complexity index is 532. The minimum atomic E-state index is 0.300. The molecule has 2 rings (SSSR count). The Kier molecular flexibility index (Phi) is 3.67. The second-order valence-electron chi connectivity index (χ2n) is 4.62. The van der Waals surface area contributed by atoms with Crippen LogP contribution in [0.15, 0.2) is 24.3 Å². The molecule has 0 aliphatic carbocycles. The number of hydrogen-bond acceptors (Lipinski definition) is 4. The minimum Gasteiger partial charge on any atom is -0.326 e. The second kappa shape index (κ2) is 5.23. The molecule has 0 atom stereocenters. The Hall–Kier alpha value is -1.81. The summed E-state index contributed by atoms with van der Waals surface area (Å²) >= 11 is 0. The average molecular weight is 242 g/mol. The van der Waals surface area contributed by atoms with Crippen LogP contribution in [-0.4, -0.2) is 15.0 Å². The van der Waals surface area contributed by atoms with Crippen LogP contribution in [0.2, 0.25) is 0 Å². The first-order chi connectivity index (χ1) is 8.60. The van der Waals surface area contributed by atoms with E-state index < -0.39 is 0 Å². The van der Waals surface area contributed by atoms with Gasteiger partial charge in [-0.1, -0.05) is 38.1 Å². The van der Waals surface area contributed by atoms with E-state index in [-0.39, 0.29) is 0 Å². The molecule has 0 unspecified atom stereocenters. The van der Waals surface area contributed by atoms with E-state index in [0.717, 1.165) is 28.6 Å². The Morgan fingerprint density at radius 1 is 1.06 bits per heavy atom. The quantitative estimate of drug-likeness (QED) is 0.897. The Balaban J connectivity index is 2.42. The Morgan fingerprint density at radius 2 is 1.72 bits per heavy atom. The number of rotatable bonds is 3. The lowest BCUT2D eigenvalue weighted by atomic mass is 10.1. The van der Waals surface area contributed by atoms with Crippen molar-refractivity contribution in [2.24, 2.45) is 5.73 Å². The van der Waals surface area contributed by atoms with E-state index in [1.807, 2.05) is 31.2 Å². The highest BCUT2D eigenvalue weighted by Crippen LogP contribution is 2.18. The van der Waals surface area contributed by atoms with Crippen molar-refractivity contribution in [2.45, 2.75) is 33.2 Å². The lowest BCUT2D eigenvalue weighted by Crippen LogP contribution is -2.04. The fourth-order valence-electron chi connectivity index (χ4n) is 1.68. The van der Waals surface area contributed by atoms with Gasteiger partial charge in [-0.05, 0) is 12.5 Å². The van der Waals surface area contributed by atoms with Gasteiger partial charge < -0.3 is 5.73 Å². The van der Waals surface area contributed by atoms with Crippen LogP contribution in [0, 0.1) is 6.92 Å². The number of aromatic nitrogens is 3. The fraction of sp³-hybridized carbons (Fsp3) is 0.357. The molecule has 0 saturated carbocycles. The van der Waals surface area contributed by atoms with Gasteiger partial charge in [-0.3, -0.25) is 0 Å². The van der Waals surface area contributed by atoms with Crippen LogP contribution >= 0.6 is 0 Å². The third-order valence-corrected chi connectivity index (χ3v) is 2.73. The summed E-state index contributed by atoms with van der Waals surface area (Å²) in [5.41, 5.74) is 7.69. The largest absolute Gasteiger partial charge is 0.326 e. The van der Waals surface area contributed by atoms with Crippen LogP contribution in [0.25, 0.3) is 11.4 Å². The smallest absolute Gasteiger partial charge is 0.163 e. The summed E-state index contributed by atoms with van der Waals surface area (Å²) in [4.78, 5) is 13.2. The monoisotopic (exact) mass is 242 g/mol. The van der Waals surface area contributed by atoms with Crippen LogP contribution in [0.3, 0.4) is 0 Å². The van der Waals surface area contributed by atoms with E-state index in [9.17, 15) is 0 Å². The summed E-state index contributed by atoms with van der Waals surface area (Å²) < 4.78 is 0. The molecule has 0 amide bonds. The van der Waals surface area contributed by atoms with Crippen molar-refractivity contribution < 1.29 is 0 Å². The number of hydrogen-bond donors (Lipinski definition) is 1. The molecule has 1 aromatic carbocycles. The summed E-state index contributed by atoms with van der Waals surface area (Å²) in [5.74, 6) is 2.62. The van der Waals surface area contributed by atoms with Gasteiger partial charge in [0, 0.05) is 18.0 Å². The third-order valence-electron chi connectivity index (χ3n) is 2.73. The summed E-state index contributed by atoms with van der Waals surface area (Å²) in [6.07, 6.45) is 0. The lowest BCUT2D eigenvalue weighted by molar-refractivity contribution is 0.750. The zero-order valence-electron chi connectivity index (χ0n) is 11.0. The molecular formula is C14H18N4. The van der Waals surface area contributed by atoms with Gasteiger partial charge in [-0.2, -0.15) is 0 Å². The molecule has 2 N–H and O–H groups in total. The van der Waals surface area contributed by atoms with Crippen molar-refractivity contribution in [1.82, 2.24) is 15.0 Å². The third kappa shape index (κ3) is 2.71. The number of nitrogens with two attached hydrogens (primary N) is 1. The molecule has 4 heteroatoms. The molecule has 0 fully saturated rings. The van der Waals surface area contributed by atoms with E-state index >= 15 is 0 Å².